The fourth-order valence-electron chi connectivity index (χ4n) is 3.22. The van der Waals surface area contributed by atoms with E-state index in [9.17, 15) is 4.79 Å². The number of nitrogens with zero attached hydrogens (tertiary/aromatic N) is 2. The molecule has 2 aromatic heterocycles. The van der Waals surface area contributed by atoms with E-state index in [1.807, 2.05) is 68.4 Å². The van der Waals surface area contributed by atoms with Gasteiger partial charge >= 0.3 is 0 Å². The number of ether oxygens (including phenoxy) is 1. The molecule has 0 aliphatic heterocycles. The average Bonchev–Trinajstić information content (AvgIpc) is 3.01. The van der Waals surface area contributed by atoms with Crippen molar-refractivity contribution in [3.63, 3.8) is 0 Å². The summed E-state index contributed by atoms with van der Waals surface area (Å²) in [4.78, 5) is 19.5. The van der Waals surface area contributed by atoms with Gasteiger partial charge in [0.2, 0.25) is 0 Å². The minimum atomic E-state index is -0.0176. The van der Waals surface area contributed by atoms with E-state index in [4.69, 9.17) is 4.74 Å². The van der Waals surface area contributed by atoms with Crippen molar-refractivity contribution in [3.05, 3.63) is 81.7 Å². The van der Waals surface area contributed by atoms with Gasteiger partial charge in [-0.05, 0) is 37.1 Å². The molecule has 0 saturated heterocycles. The average molecular weight is 376 g/mol. The van der Waals surface area contributed by atoms with Crippen LogP contribution in [0.4, 0.5) is 0 Å². The van der Waals surface area contributed by atoms with Gasteiger partial charge in [-0.3, -0.25) is 9.36 Å². The van der Waals surface area contributed by atoms with Gasteiger partial charge in [0.05, 0.1) is 18.3 Å². The van der Waals surface area contributed by atoms with Crippen LogP contribution >= 0.6 is 11.3 Å². The van der Waals surface area contributed by atoms with Crippen LogP contribution in [0.15, 0.2) is 65.7 Å². The second-order valence-electron chi connectivity index (χ2n) is 6.49. The number of aryl methyl sites for hydroxylation is 2. The molecule has 27 heavy (non-hydrogen) atoms. The first-order chi connectivity index (χ1) is 13.1. The van der Waals surface area contributed by atoms with Crippen LogP contribution in [0, 0.1) is 13.8 Å². The zero-order valence-corrected chi connectivity index (χ0v) is 16.1. The largest absolute Gasteiger partial charge is 0.492 e. The summed E-state index contributed by atoms with van der Waals surface area (Å²) >= 11 is 1.56. The summed E-state index contributed by atoms with van der Waals surface area (Å²) in [7, 11) is 0. The molecule has 0 aliphatic rings. The van der Waals surface area contributed by atoms with Crippen molar-refractivity contribution >= 4 is 21.6 Å². The smallest absolute Gasteiger partial charge is 0.262 e. The van der Waals surface area contributed by atoms with E-state index in [1.165, 1.54) is 0 Å². The van der Waals surface area contributed by atoms with Crippen LogP contribution in [0.25, 0.3) is 21.3 Å². The Labute approximate surface area is 161 Å². The number of rotatable bonds is 5. The molecule has 0 saturated carbocycles. The maximum atomic E-state index is 13.1. The molecule has 2 heterocycles. The fourth-order valence-corrected chi connectivity index (χ4v) is 4.22. The SMILES string of the molecule is Cc1cccc(OCCn2cnc3sc(C)c(-c4ccccc4)c3c2=O)c1. The molecular weight excluding hydrogens is 356 g/mol. The summed E-state index contributed by atoms with van der Waals surface area (Å²) < 4.78 is 7.43. The van der Waals surface area contributed by atoms with Gasteiger partial charge in [-0.15, -0.1) is 11.3 Å². The Kier molecular flexibility index (Phi) is 4.77. The molecule has 2 aromatic carbocycles. The van der Waals surface area contributed by atoms with Crippen molar-refractivity contribution in [2.24, 2.45) is 0 Å². The lowest BCUT2D eigenvalue weighted by molar-refractivity contribution is 0.296. The molecule has 0 unspecified atom stereocenters. The Hall–Kier alpha value is -2.92. The summed E-state index contributed by atoms with van der Waals surface area (Å²) in [5, 5.41) is 0.696. The van der Waals surface area contributed by atoms with Crippen LogP contribution in [0.3, 0.4) is 0 Å². The zero-order valence-electron chi connectivity index (χ0n) is 15.3. The Bertz CT molecular complexity index is 1150. The van der Waals surface area contributed by atoms with E-state index < -0.39 is 0 Å². The van der Waals surface area contributed by atoms with E-state index in [2.05, 4.69) is 4.98 Å². The van der Waals surface area contributed by atoms with Crippen molar-refractivity contribution in [1.29, 1.82) is 0 Å². The molecule has 0 spiro atoms. The van der Waals surface area contributed by atoms with Crippen LogP contribution < -0.4 is 10.3 Å². The number of thiophene rings is 1. The summed E-state index contributed by atoms with van der Waals surface area (Å²) in [5.74, 6) is 0.813. The molecule has 0 aliphatic carbocycles. The Balaban J connectivity index is 1.65. The number of aromatic nitrogens is 2. The fraction of sp³-hybridized carbons (Fsp3) is 0.182. The lowest BCUT2D eigenvalue weighted by atomic mass is 10.0. The molecule has 0 amide bonds. The summed E-state index contributed by atoms with van der Waals surface area (Å²) in [6.07, 6.45) is 1.62. The highest BCUT2D eigenvalue weighted by Crippen LogP contribution is 2.35. The van der Waals surface area contributed by atoms with Gasteiger partial charge in [-0.25, -0.2) is 4.98 Å². The van der Waals surface area contributed by atoms with Crippen LogP contribution in [0.1, 0.15) is 10.4 Å². The van der Waals surface area contributed by atoms with Gasteiger partial charge in [-0.1, -0.05) is 42.5 Å². The highest BCUT2D eigenvalue weighted by Gasteiger charge is 2.16. The first-order valence-corrected chi connectivity index (χ1v) is 9.68. The van der Waals surface area contributed by atoms with Gasteiger partial charge in [0, 0.05) is 10.4 Å². The van der Waals surface area contributed by atoms with E-state index >= 15 is 0 Å². The maximum Gasteiger partial charge on any atom is 0.262 e. The zero-order chi connectivity index (χ0) is 18.8. The van der Waals surface area contributed by atoms with Crippen LogP contribution in [-0.2, 0) is 6.54 Å². The van der Waals surface area contributed by atoms with E-state index in [0.29, 0.717) is 18.5 Å². The highest BCUT2D eigenvalue weighted by molar-refractivity contribution is 7.19. The number of benzene rings is 2. The minimum absolute atomic E-state index is 0.0176. The number of hydrogen-bond acceptors (Lipinski definition) is 4. The molecule has 0 N–H and O–H groups in total. The molecule has 4 aromatic rings. The summed E-state index contributed by atoms with van der Waals surface area (Å²) in [6.45, 7) is 4.94. The van der Waals surface area contributed by atoms with Gasteiger partial charge < -0.3 is 4.74 Å². The highest BCUT2D eigenvalue weighted by atomic mass is 32.1. The molecule has 0 radical (unpaired) electrons. The Morgan fingerprint density at radius 3 is 2.67 bits per heavy atom. The Morgan fingerprint density at radius 1 is 1.07 bits per heavy atom. The predicted octanol–water partition coefficient (Wildman–Crippen LogP) is 4.82. The van der Waals surface area contributed by atoms with Gasteiger partial charge in [0.15, 0.2) is 0 Å². The monoisotopic (exact) mass is 376 g/mol. The van der Waals surface area contributed by atoms with Crippen molar-refractivity contribution in [2.45, 2.75) is 20.4 Å². The molecule has 0 fully saturated rings. The first kappa shape index (κ1) is 17.5. The normalized spacial score (nSPS) is 11.0. The van der Waals surface area contributed by atoms with Crippen molar-refractivity contribution in [2.75, 3.05) is 6.61 Å². The quantitative estimate of drug-likeness (QED) is 0.501. The van der Waals surface area contributed by atoms with Crippen molar-refractivity contribution < 1.29 is 4.74 Å². The molecular formula is C22H20N2O2S. The van der Waals surface area contributed by atoms with Crippen molar-refractivity contribution in [3.8, 4) is 16.9 Å². The molecule has 0 bridgehead atoms. The number of fused-ring (bicyclic) bond motifs is 1. The summed E-state index contributed by atoms with van der Waals surface area (Å²) in [5.41, 5.74) is 3.17. The third kappa shape index (κ3) is 3.51. The molecule has 0 atom stereocenters. The standard InChI is InChI=1S/C22H20N2O2S/c1-15-7-6-10-18(13-15)26-12-11-24-14-23-21-20(22(24)25)19(16(2)27-21)17-8-4-3-5-9-17/h3-10,13-14H,11-12H2,1-2H3. The molecule has 4 rings (SSSR count). The second kappa shape index (κ2) is 7.37. The molecule has 5 heteroatoms. The van der Waals surface area contributed by atoms with E-state index in [-0.39, 0.29) is 5.56 Å². The predicted molar refractivity (Wildman–Crippen MR) is 111 cm³/mol. The summed E-state index contributed by atoms with van der Waals surface area (Å²) in [6, 6.07) is 17.9. The van der Waals surface area contributed by atoms with Crippen LogP contribution in [0.2, 0.25) is 0 Å². The van der Waals surface area contributed by atoms with Crippen LogP contribution in [0.5, 0.6) is 5.75 Å². The van der Waals surface area contributed by atoms with Crippen molar-refractivity contribution in [1.82, 2.24) is 9.55 Å². The second-order valence-corrected chi connectivity index (χ2v) is 7.69. The minimum Gasteiger partial charge on any atom is -0.492 e. The third-order valence-electron chi connectivity index (χ3n) is 4.51. The lowest BCUT2D eigenvalue weighted by Gasteiger charge is -2.09. The number of hydrogen-bond donors (Lipinski definition) is 0. The van der Waals surface area contributed by atoms with Gasteiger partial charge in [0.1, 0.15) is 17.2 Å². The van der Waals surface area contributed by atoms with E-state index in [0.717, 1.165) is 32.1 Å². The first-order valence-electron chi connectivity index (χ1n) is 8.87. The molecule has 136 valence electrons. The topological polar surface area (TPSA) is 44.1 Å². The molecule has 4 nitrogen and oxygen atoms in total. The van der Waals surface area contributed by atoms with Gasteiger partial charge in [0.25, 0.3) is 5.56 Å². The lowest BCUT2D eigenvalue weighted by Crippen LogP contribution is -2.23. The Morgan fingerprint density at radius 2 is 1.89 bits per heavy atom. The maximum absolute atomic E-state index is 13.1. The third-order valence-corrected chi connectivity index (χ3v) is 5.52. The van der Waals surface area contributed by atoms with Gasteiger partial charge in [-0.2, -0.15) is 0 Å². The van der Waals surface area contributed by atoms with Crippen LogP contribution in [-0.4, -0.2) is 16.2 Å². The van der Waals surface area contributed by atoms with E-state index in [1.54, 1.807) is 22.2 Å².